The minimum absolute atomic E-state index is 0.298. The molecule has 0 aliphatic carbocycles. The largest absolute Gasteiger partial charge is 0.463 e. The van der Waals surface area contributed by atoms with Crippen LogP contribution in [-0.2, 0) is 29.4 Å². The Morgan fingerprint density at radius 1 is 1.13 bits per heavy atom. The maximum Gasteiger partial charge on any atom is 0.432 e. The van der Waals surface area contributed by atoms with Crippen LogP contribution in [0.3, 0.4) is 0 Å². The van der Waals surface area contributed by atoms with E-state index in [9.17, 15) is 22.8 Å². The number of hydrogen-bond donors (Lipinski definition) is 0. The molecule has 0 fully saturated rings. The van der Waals surface area contributed by atoms with Crippen LogP contribution in [0.5, 0.6) is 0 Å². The normalized spacial score (nSPS) is 15.1. The van der Waals surface area contributed by atoms with Crippen LogP contribution in [0.4, 0.5) is 13.2 Å². The van der Waals surface area contributed by atoms with Crippen molar-refractivity contribution in [2.75, 3.05) is 13.7 Å². The fourth-order valence-electron chi connectivity index (χ4n) is 2.73. The van der Waals surface area contributed by atoms with Gasteiger partial charge in [-0.3, -0.25) is 0 Å². The number of allylic oxidation sites excluding steroid dienone is 3. The van der Waals surface area contributed by atoms with E-state index in [1.165, 1.54) is 43.3 Å². The lowest BCUT2D eigenvalue weighted by Gasteiger charge is -2.33. The van der Waals surface area contributed by atoms with E-state index in [4.69, 9.17) is 14.2 Å². The lowest BCUT2D eigenvalue weighted by atomic mass is 9.92. The Hall–Kier alpha value is -2.61. The Morgan fingerprint density at radius 3 is 2.37 bits per heavy atom. The molecule has 30 heavy (non-hydrogen) atoms. The molecule has 1 aromatic carbocycles. The van der Waals surface area contributed by atoms with Gasteiger partial charge in [-0.25, -0.2) is 9.59 Å². The summed E-state index contributed by atoms with van der Waals surface area (Å²) in [7, 11) is 0.834. The first kappa shape index (κ1) is 25.4. The SMILES string of the molecule is CCOC(=O)/C=C\C=C\CCC[C@@H](C)OC(=O)[C@@](OC)(c1ccccc1)C(F)(F)F. The molecule has 0 spiro atoms. The number of esters is 2. The molecule has 1 rings (SSSR count). The van der Waals surface area contributed by atoms with E-state index in [0.717, 1.165) is 7.11 Å². The minimum atomic E-state index is -4.99. The number of methoxy groups -OCH3 is 1. The molecule has 0 aromatic heterocycles. The van der Waals surface area contributed by atoms with Gasteiger partial charge in [0.15, 0.2) is 0 Å². The van der Waals surface area contributed by atoms with Gasteiger partial charge in [-0.05, 0) is 33.1 Å². The van der Waals surface area contributed by atoms with Crippen molar-refractivity contribution in [3.63, 3.8) is 0 Å². The topological polar surface area (TPSA) is 61.8 Å². The molecule has 0 radical (unpaired) electrons. The molecule has 0 aliphatic rings. The first-order valence-electron chi connectivity index (χ1n) is 9.57. The molecule has 1 aromatic rings. The number of carbonyl (C=O) groups is 2. The van der Waals surface area contributed by atoms with Gasteiger partial charge in [0.2, 0.25) is 0 Å². The fraction of sp³-hybridized carbons (Fsp3) is 0.455. The molecule has 0 aliphatic heterocycles. The number of alkyl halides is 3. The van der Waals surface area contributed by atoms with Gasteiger partial charge in [0.05, 0.1) is 12.7 Å². The van der Waals surface area contributed by atoms with Crippen molar-refractivity contribution < 1.29 is 37.0 Å². The summed E-state index contributed by atoms with van der Waals surface area (Å²) in [6.45, 7) is 3.54. The molecule has 0 bridgehead atoms. The van der Waals surface area contributed by atoms with Crippen LogP contribution in [0, 0.1) is 0 Å². The van der Waals surface area contributed by atoms with Crippen molar-refractivity contribution in [2.45, 2.75) is 51.0 Å². The van der Waals surface area contributed by atoms with Gasteiger partial charge in [0, 0.05) is 18.7 Å². The first-order chi connectivity index (χ1) is 14.2. The summed E-state index contributed by atoms with van der Waals surface area (Å²) in [6, 6.07) is 6.70. The number of hydrogen-bond acceptors (Lipinski definition) is 5. The molecule has 0 saturated heterocycles. The second-order valence-electron chi connectivity index (χ2n) is 6.44. The summed E-state index contributed by atoms with van der Waals surface area (Å²) < 4.78 is 56.0. The van der Waals surface area contributed by atoms with Gasteiger partial charge < -0.3 is 14.2 Å². The lowest BCUT2D eigenvalue weighted by Crippen LogP contribution is -2.52. The molecule has 0 saturated carbocycles. The summed E-state index contributed by atoms with van der Waals surface area (Å²) in [4.78, 5) is 23.6. The second kappa shape index (κ2) is 12.2. The van der Waals surface area contributed by atoms with Crippen molar-refractivity contribution in [3.8, 4) is 0 Å². The highest BCUT2D eigenvalue weighted by atomic mass is 19.4. The van der Waals surface area contributed by atoms with E-state index in [1.54, 1.807) is 25.1 Å². The van der Waals surface area contributed by atoms with E-state index >= 15 is 0 Å². The molecule has 0 N–H and O–H groups in total. The summed E-state index contributed by atoms with van der Waals surface area (Å²) >= 11 is 0. The Morgan fingerprint density at radius 2 is 1.80 bits per heavy atom. The van der Waals surface area contributed by atoms with E-state index < -0.39 is 29.8 Å². The Bertz CT molecular complexity index is 728. The molecule has 8 heteroatoms. The summed E-state index contributed by atoms with van der Waals surface area (Å²) in [5.41, 5.74) is -3.52. The quantitative estimate of drug-likeness (QED) is 0.218. The van der Waals surface area contributed by atoms with E-state index in [2.05, 4.69) is 0 Å². The Kier molecular flexibility index (Phi) is 10.3. The smallest absolute Gasteiger partial charge is 0.432 e. The van der Waals surface area contributed by atoms with Gasteiger partial charge in [-0.1, -0.05) is 48.6 Å². The molecule has 0 unspecified atom stereocenters. The first-order valence-corrected chi connectivity index (χ1v) is 9.57. The Labute approximate surface area is 174 Å². The van der Waals surface area contributed by atoms with Crippen molar-refractivity contribution in [1.82, 2.24) is 0 Å². The molecule has 166 valence electrons. The van der Waals surface area contributed by atoms with Gasteiger partial charge in [0.25, 0.3) is 5.60 Å². The van der Waals surface area contributed by atoms with Crippen molar-refractivity contribution >= 4 is 11.9 Å². The average Bonchev–Trinajstić information content (AvgIpc) is 2.68. The highest BCUT2D eigenvalue weighted by Gasteiger charge is 2.64. The summed E-state index contributed by atoms with van der Waals surface area (Å²) in [5, 5.41) is 0. The maximum atomic E-state index is 13.8. The van der Waals surface area contributed by atoms with Crippen LogP contribution in [0.1, 0.15) is 38.7 Å². The monoisotopic (exact) mass is 428 g/mol. The zero-order valence-electron chi connectivity index (χ0n) is 17.3. The number of carbonyl (C=O) groups excluding carboxylic acids is 2. The molecular formula is C22H27F3O5. The van der Waals surface area contributed by atoms with Gasteiger partial charge in [-0.15, -0.1) is 0 Å². The van der Waals surface area contributed by atoms with Crippen molar-refractivity contribution in [2.24, 2.45) is 0 Å². The highest BCUT2D eigenvalue weighted by molar-refractivity contribution is 5.83. The molecule has 5 nitrogen and oxygen atoms in total. The zero-order chi connectivity index (χ0) is 22.6. The summed E-state index contributed by atoms with van der Waals surface area (Å²) in [6.07, 6.45) is 2.11. The Balaban J connectivity index is 2.65. The third kappa shape index (κ3) is 7.02. The number of unbranched alkanes of at least 4 members (excludes halogenated alkanes) is 1. The third-order valence-corrected chi connectivity index (χ3v) is 4.23. The zero-order valence-corrected chi connectivity index (χ0v) is 17.3. The van der Waals surface area contributed by atoms with Gasteiger partial charge in [-0.2, -0.15) is 13.2 Å². The van der Waals surface area contributed by atoms with Crippen LogP contribution in [0.15, 0.2) is 54.6 Å². The van der Waals surface area contributed by atoms with Crippen LogP contribution < -0.4 is 0 Å². The van der Waals surface area contributed by atoms with Crippen LogP contribution >= 0.6 is 0 Å². The van der Waals surface area contributed by atoms with Crippen molar-refractivity contribution in [3.05, 3.63) is 60.2 Å². The van der Waals surface area contributed by atoms with Crippen LogP contribution in [0.25, 0.3) is 0 Å². The molecule has 0 heterocycles. The van der Waals surface area contributed by atoms with Crippen molar-refractivity contribution in [1.29, 1.82) is 0 Å². The van der Waals surface area contributed by atoms with Crippen LogP contribution in [0.2, 0.25) is 0 Å². The molecular weight excluding hydrogens is 401 g/mol. The number of rotatable bonds is 11. The lowest BCUT2D eigenvalue weighted by molar-refractivity contribution is -0.278. The third-order valence-electron chi connectivity index (χ3n) is 4.23. The van der Waals surface area contributed by atoms with Gasteiger partial charge in [0.1, 0.15) is 0 Å². The standard InChI is InChI=1S/C22H27F3O5/c1-4-29-19(26)16-12-7-5-6-9-13-17(2)30-20(27)21(28-3,22(23,24)25)18-14-10-8-11-15-18/h5,7-8,10-12,14-17H,4,6,9,13H2,1-3H3/b7-5+,16-12-/t17-,21+/m1/s1. The summed E-state index contributed by atoms with van der Waals surface area (Å²) in [5.74, 6) is -1.93. The fourth-order valence-corrected chi connectivity index (χ4v) is 2.73. The number of ether oxygens (including phenoxy) is 3. The van der Waals surface area contributed by atoms with E-state index in [-0.39, 0.29) is 5.56 Å². The predicted octanol–water partition coefficient (Wildman–Crippen LogP) is 4.87. The predicted molar refractivity (Wildman–Crippen MR) is 106 cm³/mol. The number of benzene rings is 1. The van der Waals surface area contributed by atoms with Gasteiger partial charge >= 0.3 is 18.1 Å². The molecule has 0 amide bonds. The maximum absolute atomic E-state index is 13.8. The molecule has 2 atom stereocenters. The number of halogens is 3. The van der Waals surface area contributed by atoms with E-state index in [1.807, 2.05) is 0 Å². The average molecular weight is 428 g/mol. The second-order valence-corrected chi connectivity index (χ2v) is 6.44. The highest BCUT2D eigenvalue weighted by Crippen LogP contribution is 2.43. The van der Waals surface area contributed by atoms with Crippen LogP contribution in [-0.4, -0.2) is 37.9 Å². The minimum Gasteiger partial charge on any atom is -0.463 e. The van der Waals surface area contributed by atoms with E-state index in [0.29, 0.717) is 25.9 Å².